The first kappa shape index (κ1) is 23.2. The van der Waals surface area contributed by atoms with Crippen LogP contribution in [0, 0.1) is 0 Å². The van der Waals surface area contributed by atoms with E-state index in [4.69, 9.17) is 14.2 Å². The van der Waals surface area contributed by atoms with Crippen LogP contribution in [0.15, 0.2) is 72.8 Å². The fourth-order valence-electron chi connectivity index (χ4n) is 4.09. The fraction of sp³-hybridized carbons (Fsp3) is 0.222. The number of methoxy groups -OCH3 is 2. The standard InChI is InChI=1S/C27H28N2O5/c1-4-34-24-10-6-9-21(25(24)30)23-16-22(19-7-5-8-20(15-19)32-2)28-26(29-23)17-11-13-18(14-12-17)27(31)33-3/h5-16,23,26,28-30H,4H2,1-3H3/p+1. The molecule has 3 aromatic rings. The Labute approximate surface area is 199 Å². The Balaban J connectivity index is 1.74. The van der Waals surface area contributed by atoms with Gasteiger partial charge in [-0.05, 0) is 43.3 Å². The molecule has 2 unspecified atom stereocenters. The van der Waals surface area contributed by atoms with Crippen LogP contribution in [0.4, 0.5) is 0 Å². The van der Waals surface area contributed by atoms with Crippen molar-refractivity contribution in [1.82, 2.24) is 5.32 Å². The smallest absolute Gasteiger partial charge is 0.337 e. The van der Waals surface area contributed by atoms with Crippen molar-refractivity contribution in [2.75, 3.05) is 20.8 Å². The summed E-state index contributed by atoms with van der Waals surface area (Å²) in [4.78, 5) is 11.9. The summed E-state index contributed by atoms with van der Waals surface area (Å²) in [5, 5.41) is 16.6. The predicted molar refractivity (Wildman–Crippen MR) is 129 cm³/mol. The topological polar surface area (TPSA) is 93.6 Å². The zero-order valence-electron chi connectivity index (χ0n) is 19.4. The zero-order valence-corrected chi connectivity index (χ0v) is 19.4. The summed E-state index contributed by atoms with van der Waals surface area (Å²) in [5.74, 6) is 0.974. The maximum Gasteiger partial charge on any atom is 0.337 e. The molecule has 0 radical (unpaired) electrons. The number of carbonyl (C=O) groups is 1. The summed E-state index contributed by atoms with van der Waals surface area (Å²) in [6, 6.07) is 20.5. The molecular formula is C27H29N2O5+. The first-order chi connectivity index (χ1) is 16.5. The number of hydrogen-bond acceptors (Lipinski definition) is 6. The second kappa shape index (κ2) is 10.3. The lowest BCUT2D eigenvalue weighted by molar-refractivity contribution is -0.731. The van der Waals surface area contributed by atoms with Crippen molar-refractivity contribution in [1.29, 1.82) is 0 Å². The number of ether oxygens (including phenoxy) is 3. The third-order valence-electron chi connectivity index (χ3n) is 5.82. The number of rotatable bonds is 7. The van der Waals surface area contributed by atoms with E-state index in [1.54, 1.807) is 25.3 Å². The number of para-hydroxylation sites is 1. The van der Waals surface area contributed by atoms with E-state index in [0.29, 0.717) is 17.9 Å². The summed E-state index contributed by atoms with van der Waals surface area (Å²) >= 11 is 0. The molecule has 1 aliphatic rings. The van der Waals surface area contributed by atoms with Crippen LogP contribution in [0.1, 0.15) is 46.2 Å². The molecule has 7 heteroatoms. The van der Waals surface area contributed by atoms with Gasteiger partial charge in [0, 0.05) is 22.9 Å². The van der Waals surface area contributed by atoms with Gasteiger partial charge in [-0.25, -0.2) is 4.79 Å². The number of quaternary nitrogens is 1. The fourth-order valence-corrected chi connectivity index (χ4v) is 4.09. The van der Waals surface area contributed by atoms with Crippen LogP contribution in [0.25, 0.3) is 5.70 Å². The van der Waals surface area contributed by atoms with Crippen LogP contribution in [0.5, 0.6) is 17.2 Å². The van der Waals surface area contributed by atoms with Crippen LogP contribution in [-0.4, -0.2) is 31.9 Å². The van der Waals surface area contributed by atoms with Crippen molar-refractivity contribution in [2.24, 2.45) is 0 Å². The minimum atomic E-state index is -0.375. The van der Waals surface area contributed by atoms with Gasteiger partial charge in [0.15, 0.2) is 17.7 Å². The van der Waals surface area contributed by atoms with Crippen molar-refractivity contribution in [3.05, 3.63) is 95.1 Å². The molecule has 0 saturated heterocycles. The van der Waals surface area contributed by atoms with Gasteiger partial charge in [-0.3, -0.25) is 0 Å². The van der Waals surface area contributed by atoms with Crippen LogP contribution in [0.2, 0.25) is 0 Å². The Hall–Kier alpha value is -3.97. The largest absolute Gasteiger partial charge is 0.504 e. The first-order valence-electron chi connectivity index (χ1n) is 11.1. The van der Waals surface area contributed by atoms with Gasteiger partial charge < -0.3 is 30.0 Å². The Kier molecular flexibility index (Phi) is 7.04. The summed E-state index contributed by atoms with van der Waals surface area (Å²) in [7, 11) is 3.01. The normalized spacial score (nSPS) is 17.3. The third-order valence-corrected chi connectivity index (χ3v) is 5.82. The SMILES string of the molecule is CCOc1cccc(C2C=C(c3cccc(OC)c3)NC(c3ccc(C(=O)OC)cc3)[NH2+]2)c1O. The maximum absolute atomic E-state index is 11.9. The van der Waals surface area contributed by atoms with E-state index in [9.17, 15) is 9.90 Å². The molecule has 2 atom stereocenters. The average molecular weight is 462 g/mol. The molecule has 3 aromatic carbocycles. The molecule has 0 saturated carbocycles. The molecule has 34 heavy (non-hydrogen) atoms. The van der Waals surface area contributed by atoms with Gasteiger partial charge in [-0.15, -0.1) is 0 Å². The lowest BCUT2D eigenvalue weighted by Gasteiger charge is -2.30. The molecule has 1 aliphatic heterocycles. The summed E-state index contributed by atoms with van der Waals surface area (Å²) in [5.41, 5.74) is 4.10. The Morgan fingerprint density at radius 1 is 1.06 bits per heavy atom. The van der Waals surface area contributed by atoms with E-state index in [1.807, 2.05) is 55.5 Å². The second-order valence-electron chi connectivity index (χ2n) is 7.89. The molecule has 0 aromatic heterocycles. The molecule has 4 N–H and O–H groups in total. The number of nitrogens with two attached hydrogens (primary N) is 1. The second-order valence-corrected chi connectivity index (χ2v) is 7.89. The van der Waals surface area contributed by atoms with E-state index < -0.39 is 0 Å². The highest BCUT2D eigenvalue weighted by Gasteiger charge is 2.30. The lowest BCUT2D eigenvalue weighted by atomic mass is 9.97. The van der Waals surface area contributed by atoms with E-state index in [0.717, 1.165) is 28.1 Å². The number of hydrogen-bond donors (Lipinski definition) is 3. The summed E-state index contributed by atoms with van der Waals surface area (Å²) < 4.78 is 15.8. The monoisotopic (exact) mass is 461 g/mol. The number of aromatic hydroxyl groups is 1. The van der Waals surface area contributed by atoms with Crippen LogP contribution < -0.4 is 20.1 Å². The van der Waals surface area contributed by atoms with Crippen molar-refractivity contribution in [3.8, 4) is 17.2 Å². The highest BCUT2D eigenvalue weighted by molar-refractivity contribution is 5.89. The van der Waals surface area contributed by atoms with Gasteiger partial charge in [0.05, 0.1) is 32.0 Å². The van der Waals surface area contributed by atoms with E-state index in [2.05, 4.69) is 16.7 Å². The van der Waals surface area contributed by atoms with Gasteiger partial charge in [0.1, 0.15) is 11.8 Å². The molecule has 0 aliphatic carbocycles. The Bertz CT molecular complexity index is 1190. The molecule has 0 bridgehead atoms. The number of nitrogens with one attached hydrogen (secondary N) is 1. The van der Waals surface area contributed by atoms with Crippen LogP contribution in [-0.2, 0) is 4.74 Å². The number of carbonyl (C=O) groups excluding carboxylic acids is 1. The van der Waals surface area contributed by atoms with Gasteiger partial charge >= 0.3 is 5.97 Å². The molecule has 0 spiro atoms. The molecule has 7 nitrogen and oxygen atoms in total. The Morgan fingerprint density at radius 3 is 2.53 bits per heavy atom. The highest BCUT2D eigenvalue weighted by atomic mass is 16.5. The van der Waals surface area contributed by atoms with Crippen molar-refractivity contribution in [3.63, 3.8) is 0 Å². The highest BCUT2D eigenvalue weighted by Crippen LogP contribution is 2.35. The van der Waals surface area contributed by atoms with Crippen LogP contribution in [0.3, 0.4) is 0 Å². The number of benzene rings is 3. The predicted octanol–water partition coefficient (Wildman–Crippen LogP) is 3.53. The quantitative estimate of drug-likeness (QED) is 0.466. The van der Waals surface area contributed by atoms with Gasteiger partial charge in [-0.2, -0.15) is 0 Å². The van der Waals surface area contributed by atoms with E-state index >= 15 is 0 Å². The molecule has 1 heterocycles. The van der Waals surface area contributed by atoms with Crippen molar-refractivity contribution < 1.29 is 29.4 Å². The molecule has 4 rings (SSSR count). The van der Waals surface area contributed by atoms with Crippen LogP contribution >= 0.6 is 0 Å². The molecule has 176 valence electrons. The lowest BCUT2D eigenvalue weighted by Crippen LogP contribution is -2.89. The average Bonchev–Trinajstić information content (AvgIpc) is 2.89. The van der Waals surface area contributed by atoms with Crippen molar-refractivity contribution in [2.45, 2.75) is 19.1 Å². The number of phenolic OH excluding ortho intramolecular Hbond substituents is 1. The maximum atomic E-state index is 11.9. The number of phenols is 1. The molecule has 0 amide bonds. The molecule has 0 fully saturated rings. The van der Waals surface area contributed by atoms with Gasteiger partial charge in [-0.1, -0.05) is 30.3 Å². The van der Waals surface area contributed by atoms with Gasteiger partial charge in [0.2, 0.25) is 0 Å². The minimum Gasteiger partial charge on any atom is -0.504 e. The summed E-state index contributed by atoms with van der Waals surface area (Å²) in [6.45, 7) is 2.35. The number of esters is 1. The van der Waals surface area contributed by atoms with Crippen molar-refractivity contribution >= 4 is 11.7 Å². The Morgan fingerprint density at radius 2 is 1.82 bits per heavy atom. The first-order valence-corrected chi connectivity index (χ1v) is 11.1. The van der Waals surface area contributed by atoms with E-state index in [-0.39, 0.29) is 23.9 Å². The third kappa shape index (κ3) is 4.84. The van der Waals surface area contributed by atoms with E-state index in [1.165, 1.54) is 7.11 Å². The minimum absolute atomic E-state index is 0.133. The zero-order chi connectivity index (χ0) is 24.1. The molecular weight excluding hydrogens is 432 g/mol. The summed E-state index contributed by atoms with van der Waals surface area (Å²) in [6.07, 6.45) is 1.91. The van der Waals surface area contributed by atoms with Gasteiger partial charge in [0.25, 0.3) is 0 Å².